The van der Waals surface area contributed by atoms with Crippen LogP contribution in [0.5, 0.6) is 0 Å². The van der Waals surface area contributed by atoms with E-state index in [1.807, 2.05) is 13.0 Å². The van der Waals surface area contributed by atoms with Crippen molar-refractivity contribution in [1.29, 1.82) is 5.26 Å². The van der Waals surface area contributed by atoms with E-state index in [0.717, 1.165) is 15.7 Å². The smallest absolute Gasteiger partial charge is 0.268 e. The average molecular weight is 486 g/mol. The first-order valence-electron chi connectivity index (χ1n) is 10.0. The van der Waals surface area contributed by atoms with E-state index >= 15 is 0 Å². The van der Waals surface area contributed by atoms with Crippen LogP contribution >= 0.6 is 0 Å². The van der Waals surface area contributed by atoms with Crippen LogP contribution in [0, 0.1) is 18.3 Å². The van der Waals surface area contributed by atoms with Gasteiger partial charge >= 0.3 is 0 Å². The second kappa shape index (κ2) is 9.21. The van der Waals surface area contributed by atoms with E-state index in [2.05, 4.69) is 0 Å². The molecule has 33 heavy (non-hydrogen) atoms. The molecule has 3 aromatic rings. The Morgan fingerprint density at radius 2 is 1.61 bits per heavy atom. The monoisotopic (exact) mass is 485 g/mol. The van der Waals surface area contributed by atoms with Gasteiger partial charge < -0.3 is 0 Å². The normalized spacial score (nSPS) is 11.8. The zero-order chi connectivity index (χ0) is 24.4. The molecule has 2 aromatic carbocycles. The molecule has 0 aliphatic carbocycles. The third-order valence-electron chi connectivity index (χ3n) is 5.00. The molecule has 1 heterocycles. The average Bonchev–Trinajstić information content (AvgIpc) is 3.27. The molecule has 0 bridgehead atoms. The summed E-state index contributed by atoms with van der Waals surface area (Å²) < 4.78 is 53.5. The number of benzene rings is 2. The van der Waals surface area contributed by atoms with Crippen LogP contribution in [0.25, 0.3) is 0 Å². The van der Waals surface area contributed by atoms with Gasteiger partial charge in [-0.2, -0.15) is 5.26 Å². The molecule has 0 aliphatic heterocycles. The standard InChI is InChI=1S/C23H23N3O5S2/c1-17(2)32(28,29)26(21-8-6-19(7-9-21)12-14-24)23(27)20-13-15-25(16-20)33(30,31)22-10-4-18(3)5-11-22/h4-11,13,15-17H,12H2,1-3H3. The molecule has 10 heteroatoms. The predicted octanol–water partition coefficient (Wildman–Crippen LogP) is 3.48. The number of aromatic nitrogens is 1. The van der Waals surface area contributed by atoms with Crippen molar-refractivity contribution in [2.45, 2.75) is 37.3 Å². The fourth-order valence-electron chi connectivity index (χ4n) is 3.03. The van der Waals surface area contributed by atoms with Gasteiger partial charge in [-0.3, -0.25) is 4.79 Å². The van der Waals surface area contributed by atoms with Crippen LogP contribution in [-0.2, 0) is 26.5 Å². The number of anilines is 1. The Kier molecular flexibility index (Phi) is 6.76. The highest BCUT2D eigenvalue weighted by Gasteiger charge is 2.33. The van der Waals surface area contributed by atoms with E-state index in [1.165, 1.54) is 50.4 Å². The summed E-state index contributed by atoms with van der Waals surface area (Å²) >= 11 is 0. The van der Waals surface area contributed by atoms with Gasteiger partial charge in [0.2, 0.25) is 10.0 Å². The topological polar surface area (TPSA) is 117 Å². The first-order valence-corrected chi connectivity index (χ1v) is 13.0. The second-order valence-corrected chi connectivity index (χ2v) is 11.9. The number of sulfonamides is 1. The lowest BCUT2D eigenvalue weighted by Crippen LogP contribution is -2.41. The van der Waals surface area contributed by atoms with Gasteiger partial charge in [0.05, 0.1) is 33.9 Å². The van der Waals surface area contributed by atoms with Gasteiger partial charge in [0.15, 0.2) is 0 Å². The quantitative estimate of drug-likeness (QED) is 0.506. The number of hydrogen-bond acceptors (Lipinski definition) is 6. The molecular formula is C23H23N3O5S2. The summed E-state index contributed by atoms with van der Waals surface area (Å²) in [5.74, 6) is -0.880. The second-order valence-electron chi connectivity index (χ2n) is 7.71. The lowest BCUT2D eigenvalue weighted by Gasteiger charge is -2.24. The Morgan fingerprint density at radius 3 is 2.15 bits per heavy atom. The Labute approximate surface area is 193 Å². The Hall–Kier alpha value is -3.42. The van der Waals surface area contributed by atoms with E-state index in [-0.39, 0.29) is 22.6 Å². The summed E-state index contributed by atoms with van der Waals surface area (Å²) in [6, 6.07) is 15.6. The van der Waals surface area contributed by atoms with Crippen molar-refractivity contribution < 1.29 is 21.6 Å². The lowest BCUT2D eigenvalue weighted by molar-refractivity contribution is 0.101. The van der Waals surface area contributed by atoms with Crippen LogP contribution in [-0.4, -0.2) is 32.0 Å². The van der Waals surface area contributed by atoms with E-state index in [4.69, 9.17) is 5.26 Å². The van der Waals surface area contributed by atoms with Crippen molar-refractivity contribution >= 4 is 31.6 Å². The van der Waals surface area contributed by atoms with Crippen molar-refractivity contribution in [2.24, 2.45) is 0 Å². The molecule has 0 atom stereocenters. The Balaban J connectivity index is 2.03. The number of amides is 1. The lowest BCUT2D eigenvalue weighted by atomic mass is 10.1. The molecule has 0 aliphatic rings. The van der Waals surface area contributed by atoms with Gasteiger partial charge in [0.1, 0.15) is 0 Å². The molecule has 0 saturated heterocycles. The van der Waals surface area contributed by atoms with Crippen molar-refractivity contribution in [3.63, 3.8) is 0 Å². The summed E-state index contributed by atoms with van der Waals surface area (Å²) in [7, 11) is -8.04. The maximum absolute atomic E-state index is 13.3. The van der Waals surface area contributed by atoms with Crippen molar-refractivity contribution in [2.75, 3.05) is 4.31 Å². The summed E-state index contributed by atoms with van der Waals surface area (Å²) in [5.41, 5.74) is 1.57. The minimum atomic E-state index is -4.09. The molecule has 1 amide bonds. The fraction of sp³-hybridized carbons (Fsp3) is 0.217. The van der Waals surface area contributed by atoms with Crippen LogP contribution in [0.2, 0.25) is 0 Å². The van der Waals surface area contributed by atoms with Gasteiger partial charge in [-0.05, 0) is 56.7 Å². The number of nitrogens with zero attached hydrogens (tertiary/aromatic N) is 3. The number of aryl methyl sites for hydroxylation is 1. The number of carbonyl (C=O) groups excluding carboxylic acids is 1. The Bertz CT molecular complexity index is 1410. The predicted molar refractivity (Wildman–Crippen MR) is 125 cm³/mol. The number of carbonyl (C=O) groups is 1. The largest absolute Gasteiger partial charge is 0.273 e. The molecular weight excluding hydrogens is 462 g/mol. The minimum Gasteiger partial charge on any atom is -0.268 e. The molecule has 8 nitrogen and oxygen atoms in total. The third kappa shape index (κ3) is 4.84. The zero-order valence-corrected chi connectivity index (χ0v) is 20.0. The van der Waals surface area contributed by atoms with Gasteiger partial charge in [0.25, 0.3) is 15.9 Å². The zero-order valence-electron chi connectivity index (χ0n) is 18.3. The molecule has 0 spiro atoms. The molecule has 3 rings (SSSR count). The van der Waals surface area contributed by atoms with Crippen LogP contribution in [0.3, 0.4) is 0 Å². The summed E-state index contributed by atoms with van der Waals surface area (Å²) in [6.07, 6.45) is 2.45. The summed E-state index contributed by atoms with van der Waals surface area (Å²) in [4.78, 5) is 13.4. The van der Waals surface area contributed by atoms with Gasteiger partial charge in [-0.15, -0.1) is 0 Å². The highest BCUT2D eigenvalue weighted by Crippen LogP contribution is 2.25. The van der Waals surface area contributed by atoms with Gasteiger partial charge in [0, 0.05) is 12.4 Å². The summed E-state index contributed by atoms with van der Waals surface area (Å²) in [5, 5.41) is 7.94. The van der Waals surface area contributed by atoms with E-state index in [1.54, 1.807) is 24.3 Å². The van der Waals surface area contributed by atoms with Crippen LogP contribution < -0.4 is 4.31 Å². The number of nitriles is 1. The fourth-order valence-corrected chi connectivity index (χ4v) is 5.40. The highest BCUT2D eigenvalue weighted by molar-refractivity contribution is 7.94. The SMILES string of the molecule is Cc1ccc(S(=O)(=O)n2ccc(C(=O)N(c3ccc(CC#N)cc3)S(=O)(=O)C(C)C)c2)cc1. The van der Waals surface area contributed by atoms with E-state index in [9.17, 15) is 21.6 Å². The molecule has 0 fully saturated rings. The van der Waals surface area contributed by atoms with Crippen LogP contribution in [0.4, 0.5) is 5.69 Å². The first kappa shape index (κ1) is 24.2. The van der Waals surface area contributed by atoms with Crippen LogP contribution in [0.15, 0.2) is 71.9 Å². The van der Waals surface area contributed by atoms with E-state index in [0.29, 0.717) is 9.87 Å². The third-order valence-corrected chi connectivity index (χ3v) is 8.73. The van der Waals surface area contributed by atoms with Crippen molar-refractivity contribution in [3.05, 3.63) is 83.7 Å². The Morgan fingerprint density at radius 1 is 1.00 bits per heavy atom. The molecule has 172 valence electrons. The maximum atomic E-state index is 13.3. The summed E-state index contributed by atoms with van der Waals surface area (Å²) in [6.45, 7) is 4.73. The molecule has 0 N–H and O–H groups in total. The number of rotatable bonds is 7. The number of hydrogen-bond donors (Lipinski definition) is 0. The highest BCUT2D eigenvalue weighted by atomic mass is 32.2. The van der Waals surface area contributed by atoms with Gasteiger partial charge in [-0.25, -0.2) is 25.1 Å². The molecule has 0 radical (unpaired) electrons. The molecule has 1 aromatic heterocycles. The van der Waals surface area contributed by atoms with Crippen molar-refractivity contribution in [3.8, 4) is 6.07 Å². The van der Waals surface area contributed by atoms with E-state index < -0.39 is 31.2 Å². The minimum absolute atomic E-state index is 0.0439. The molecule has 0 unspecified atom stereocenters. The van der Waals surface area contributed by atoms with Crippen LogP contribution in [0.1, 0.15) is 35.3 Å². The maximum Gasteiger partial charge on any atom is 0.273 e. The first-order chi connectivity index (χ1) is 15.5. The van der Waals surface area contributed by atoms with Crippen molar-refractivity contribution in [1.82, 2.24) is 3.97 Å². The molecule has 0 saturated carbocycles. The van der Waals surface area contributed by atoms with Gasteiger partial charge in [-0.1, -0.05) is 29.8 Å².